The van der Waals surface area contributed by atoms with Crippen molar-refractivity contribution in [3.8, 4) is 5.75 Å². The van der Waals surface area contributed by atoms with Gasteiger partial charge in [-0.2, -0.15) is 0 Å². The van der Waals surface area contributed by atoms with Crippen molar-refractivity contribution in [1.29, 1.82) is 0 Å². The molecule has 8 nitrogen and oxygen atoms in total. The fraction of sp³-hybridized carbons (Fsp3) is 0.375. The number of guanidine groups is 1. The molecule has 0 saturated carbocycles. The minimum Gasteiger partial charge on any atom is -0.496 e. The normalized spacial score (nSPS) is 11.0. The van der Waals surface area contributed by atoms with Crippen LogP contribution in [0.15, 0.2) is 47.5 Å². The Morgan fingerprint density at radius 2 is 1.81 bits per heavy atom. The average Bonchev–Trinajstić information content (AvgIpc) is 2.81. The van der Waals surface area contributed by atoms with Gasteiger partial charge in [0, 0.05) is 32.7 Å². The van der Waals surface area contributed by atoms with Crippen molar-refractivity contribution in [1.82, 2.24) is 15.5 Å². The Hall–Kier alpha value is -3.55. The lowest BCUT2D eigenvalue weighted by Crippen LogP contribution is -2.38. The topological polar surface area (TPSA) is 92.3 Å². The number of benzene rings is 2. The van der Waals surface area contributed by atoms with Gasteiger partial charge in [-0.25, -0.2) is 9.79 Å². The molecule has 172 valence electrons. The summed E-state index contributed by atoms with van der Waals surface area (Å²) >= 11 is 0. The summed E-state index contributed by atoms with van der Waals surface area (Å²) < 4.78 is 10.1. The van der Waals surface area contributed by atoms with Crippen LogP contribution >= 0.6 is 0 Å². The van der Waals surface area contributed by atoms with E-state index in [0.717, 1.165) is 17.5 Å². The number of methoxy groups -OCH3 is 2. The highest BCUT2D eigenvalue weighted by atomic mass is 16.5. The number of carbonyl (C=O) groups excluding carboxylic acids is 2. The Labute approximate surface area is 189 Å². The van der Waals surface area contributed by atoms with Crippen LogP contribution in [-0.4, -0.2) is 64.1 Å². The lowest BCUT2D eigenvalue weighted by atomic mass is 10.1. The zero-order chi connectivity index (χ0) is 23.5. The van der Waals surface area contributed by atoms with Gasteiger partial charge in [0.1, 0.15) is 11.3 Å². The summed E-state index contributed by atoms with van der Waals surface area (Å²) in [4.78, 5) is 30.3. The minimum atomic E-state index is -0.451. The zero-order valence-electron chi connectivity index (χ0n) is 19.4. The molecule has 8 heteroatoms. The second-order valence-electron chi connectivity index (χ2n) is 7.30. The third-order valence-electron chi connectivity index (χ3n) is 4.72. The van der Waals surface area contributed by atoms with E-state index in [1.165, 1.54) is 14.2 Å². The van der Waals surface area contributed by atoms with E-state index in [9.17, 15) is 9.59 Å². The summed E-state index contributed by atoms with van der Waals surface area (Å²) in [6.45, 7) is 3.75. The van der Waals surface area contributed by atoms with Crippen molar-refractivity contribution in [3.63, 3.8) is 0 Å². The van der Waals surface area contributed by atoms with Crippen LogP contribution in [0.1, 0.15) is 38.8 Å². The first-order chi connectivity index (χ1) is 15.4. The maximum Gasteiger partial charge on any atom is 0.341 e. The number of carbonyl (C=O) groups is 2. The largest absolute Gasteiger partial charge is 0.496 e. The molecule has 0 atom stereocenters. The third kappa shape index (κ3) is 7.01. The van der Waals surface area contributed by atoms with Crippen LogP contribution in [0, 0.1) is 0 Å². The molecule has 0 saturated heterocycles. The molecule has 0 unspecified atom stereocenters. The van der Waals surface area contributed by atoms with Gasteiger partial charge in [-0.1, -0.05) is 18.2 Å². The molecule has 0 heterocycles. The third-order valence-corrected chi connectivity index (χ3v) is 4.72. The van der Waals surface area contributed by atoms with Crippen molar-refractivity contribution in [2.45, 2.75) is 19.9 Å². The lowest BCUT2D eigenvalue weighted by molar-refractivity contribution is 0.0596. The number of amides is 1. The summed E-state index contributed by atoms with van der Waals surface area (Å²) in [5.74, 6) is 0.668. The van der Waals surface area contributed by atoms with Gasteiger partial charge in [0.2, 0.25) is 0 Å². The maximum atomic E-state index is 12.2. The predicted octanol–water partition coefficient (Wildman–Crippen LogP) is 2.48. The first-order valence-corrected chi connectivity index (χ1v) is 10.5. The van der Waals surface area contributed by atoms with Crippen LogP contribution < -0.4 is 15.4 Å². The zero-order valence-corrected chi connectivity index (χ0v) is 19.4. The number of nitrogens with one attached hydrogen (secondary N) is 2. The molecule has 0 aromatic heterocycles. The number of ether oxygens (including phenoxy) is 2. The van der Waals surface area contributed by atoms with Gasteiger partial charge < -0.3 is 25.0 Å². The monoisotopic (exact) mass is 440 g/mol. The summed E-state index contributed by atoms with van der Waals surface area (Å²) in [5.41, 5.74) is 2.97. The van der Waals surface area contributed by atoms with Crippen molar-refractivity contribution < 1.29 is 19.1 Å². The number of rotatable bonds is 9. The van der Waals surface area contributed by atoms with Crippen LogP contribution in [0.2, 0.25) is 0 Å². The molecule has 2 aromatic rings. The first-order valence-electron chi connectivity index (χ1n) is 10.5. The van der Waals surface area contributed by atoms with Crippen LogP contribution in [0.3, 0.4) is 0 Å². The van der Waals surface area contributed by atoms with Gasteiger partial charge in [0.05, 0.1) is 20.8 Å². The fourth-order valence-electron chi connectivity index (χ4n) is 3.08. The van der Waals surface area contributed by atoms with Crippen LogP contribution in [0.5, 0.6) is 5.75 Å². The molecule has 0 aliphatic rings. The maximum absolute atomic E-state index is 12.2. The molecule has 0 aliphatic heterocycles. The Bertz CT molecular complexity index is 957. The van der Waals surface area contributed by atoms with Crippen molar-refractivity contribution >= 4 is 17.8 Å². The summed E-state index contributed by atoms with van der Waals surface area (Å²) in [6.07, 6.45) is 0.744. The molecule has 0 aliphatic carbocycles. The Kier molecular flexibility index (Phi) is 9.53. The van der Waals surface area contributed by atoms with E-state index < -0.39 is 5.97 Å². The lowest BCUT2D eigenvalue weighted by Gasteiger charge is -2.13. The highest BCUT2D eigenvalue weighted by Crippen LogP contribution is 2.21. The quantitative estimate of drug-likeness (QED) is 0.354. The van der Waals surface area contributed by atoms with E-state index in [-0.39, 0.29) is 5.91 Å². The second kappa shape index (κ2) is 12.3. The number of aliphatic imine (C=N–C) groups is 1. The van der Waals surface area contributed by atoms with Gasteiger partial charge in [0.15, 0.2) is 5.96 Å². The number of hydrogen-bond donors (Lipinski definition) is 2. The van der Waals surface area contributed by atoms with E-state index in [0.29, 0.717) is 42.5 Å². The molecule has 0 spiro atoms. The molecule has 1 amide bonds. The standard InChI is InChI=1S/C24H32N4O4/c1-6-25-24(26-13-12-17-8-7-9-19(14-17)22(29)28(2)3)27-16-18-10-11-21(31-4)20(15-18)23(30)32-5/h7-11,14-15H,6,12-13,16H2,1-5H3,(H2,25,26,27). The number of esters is 1. The minimum absolute atomic E-state index is 0.0134. The van der Waals surface area contributed by atoms with E-state index in [2.05, 4.69) is 15.6 Å². The Morgan fingerprint density at radius 1 is 1.03 bits per heavy atom. The second-order valence-corrected chi connectivity index (χ2v) is 7.30. The van der Waals surface area contributed by atoms with Crippen molar-refractivity contribution in [2.24, 2.45) is 4.99 Å². The fourth-order valence-corrected chi connectivity index (χ4v) is 3.08. The van der Waals surface area contributed by atoms with Gasteiger partial charge in [0.25, 0.3) is 5.91 Å². The molecule has 32 heavy (non-hydrogen) atoms. The molecule has 0 radical (unpaired) electrons. The molecular formula is C24H32N4O4. The predicted molar refractivity (Wildman–Crippen MR) is 125 cm³/mol. The number of hydrogen-bond acceptors (Lipinski definition) is 5. The van der Waals surface area contributed by atoms with Crippen LogP contribution in [-0.2, 0) is 17.7 Å². The van der Waals surface area contributed by atoms with Gasteiger partial charge >= 0.3 is 5.97 Å². The van der Waals surface area contributed by atoms with Gasteiger partial charge in [-0.3, -0.25) is 4.79 Å². The summed E-state index contributed by atoms with van der Waals surface area (Å²) in [6, 6.07) is 13.0. The smallest absolute Gasteiger partial charge is 0.341 e. The first kappa shape index (κ1) is 24.7. The Morgan fingerprint density at radius 3 is 2.47 bits per heavy atom. The van der Waals surface area contributed by atoms with Gasteiger partial charge in [-0.15, -0.1) is 0 Å². The number of nitrogens with zero attached hydrogens (tertiary/aromatic N) is 2. The summed E-state index contributed by atoms with van der Waals surface area (Å²) in [7, 11) is 6.34. The summed E-state index contributed by atoms with van der Waals surface area (Å²) in [5, 5.41) is 6.53. The van der Waals surface area contributed by atoms with E-state index >= 15 is 0 Å². The van der Waals surface area contributed by atoms with Crippen molar-refractivity contribution in [2.75, 3.05) is 41.4 Å². The average molecular weight is 441 g/mol. The Balaban J connectivity index is 2.03. The van der Waals surface area contributed by atoms with Crippen molar-refractivity contribution in [3.05, 3.63) is 64.7 Å². The van der Waals surface area contributed by atoms with E-state index in [4.69, 9.17) is 9.47 Å². The van der Waals surface area contributed by atoms with Crippen LogP contribution in [0.25, 0.3) is 0 Å². The van der Waals surface area contributed by atoms with E-state index in [1.807, 2.05) is 37.3 Å². The highest BCUT2D eigenvalue weighted by Gasteiger charge is 2.13. The SMILES string of the molecule is CCNC(=NCc1ccc(OC)c(C(=O)OC)c1)NCCc1cccc(C(=O)N(C)C)c1. The molecule has 2 rings (SSSR count). The van der Waals surface area contributed by atoms with Crippen LogP contribution in [0.4, 0.5) is 0 Å². The molecule has 2 aromatic carbocycles. The van der Waals surface area contributed by atoms with E-state index in [1.54, 1.807) is 31.1 Å². The highest BCUT2D eigenvalue weighted by molar-refractivity contribution is 5.94. The van der Waals surface area contributed by atoms with Gasteiger partial charge in [-0.05, 0) is 48.7 Å². The molecular weight excluding hydrogens is 408 g/mol. The molecule has 0 bridgehead atoms. The molecule has 2 N–H and O–H groups in total. The molecule has 0 fully saturated rings.